The highest BCUT2D eigenvalue weighted by Crippen LogP contribution is 2.28. The molecule has 1 aliphatic carbocycles. The van der Waals surface area contributed by atoms with Crippen LogP contribution in [0.5, 0.6) is 0 Å². The molecule has 0 saturated heterocycles. The molecule has 5 nitrogen and oxygen atoms in total. The van der Waals surface area contributed by atoms with Crippen LogP contribution in [0, 0.1) is 5.92 Å². The first-order chi connectivity index (χ1) is 7.77. The van der Waals surface area contributed by atoms with Crippen molar-refractivity contribution in [1.29, 1.82) is 0 Å². The Hall–Kier alpha value is -1.36. The SMILES string of the molecule is CN(CCOCC1CC1)c1nccnc1N. The Kier molecular flexibility index (Phi) is 3.56. The average molecular weight is 222 g/mol. The Morgan fingerprint density at radius 2 is 2.19 bits per heavy atom. The number of nitrogen functional groups attached to an aromatic ring is 1. The molecule has 1 aromatic heterocycles. The molecule has 0 amide bonds. The third-order valence-electron chi connectivity index (χ3n) is 2.69. The van der Waals surface area contributed by atoms with E-state index < -0.39 is 0 Å². The van der Waals surface area contributed by atoms with Crippen LogP contribution in [0.1, 0.15) is 12.8 Å². The van der Waals surface area contributed by atoms with Crippen LogP contribution in [0.15, 0.2) is 12.4 Å². The third kappa shape index (κ3) is 3.06. The van der Waals surface area contributed by atoms with Gasteiger partial charge in [0.05, 0.1) is 6.61 Å². The summed E-state index contributed by atoms with van der Waals surface area (Å²) in [7, 11) is 1.95. The second-order valence-corrected chi connectivity index (χ2v) is 4.21. The lowest BCUT2D eigenvalue weighted by atomic mass is 10.4. The zero-order chi connectivity index (χ0) is 11.4. The van der Waals surface area contributed by atoms with E-state index in [9.17, 15) is 0 Å². The monoisotopic (exact) mass is 222 g/mol. The second kappa shape index (κ2) is 5.12. The summed E-state index contributed by atoms with van der Waals surface area (Å²) in [6, 6.07) is 0. The number of hydrogen-bond donors (Lipinski definition) is 1. The van der Waals surface area contributed by atoms with Gasteiger partial charge in [0, 0.05) is 32.6 Å². The first-order valence-electron chi connectivity index (χ1n) is 5.62. The Bertz CT molecular complexity index is 341. The molecule has 1 aromatic rings. The highest BCUT2D eigenvalue weighted by molar-refractivity contribution is 5.56. The molecule has 2 N–H and O–H groups in total. The molecule has 0 aliphatic heterocycles. The van der Waals surface area contributed by atoms with Crippen LogP contribution < -0.4 is 10.6 Å². The van der Waals surface area contributed by atoms with Crippen molar-refractivity contribution < 1.29 is 4.74 Å². The molecule has 1 saturated carbocycles. The van der Waals surface area contributed by atoms with Crippen LogP contribution in [-0.2, 0) is 4.74 Å². The number of rotatable bonds is 6. The van der Waals surface area contributed by atoms with Crippen LogP contribution >= 0.6 is 0 Å². The molecule has 0 spiro atoms. The summed E-state index contributed by atoms with van der Waals surface area (Å²) >= 11 is 0. The molecule has 88 valence electrons. The summed E-state index contributed by atoms with van der Waals surface area (Å²) in [5, 5.41) is 0. The maximum Gasteiger partial charge on any atom is 0.171 e. The average Bonchev–Trinajstić information content (AvgIpc) is 3.08. The van der Waals surface area contributed by atoms with E-state index >= 15 is 0 Å². The maximum absolute atomic E-state index is 5.73. The van der Waals surface area contributed by atoms with Crippen molar-refractivity contribution in [2.75, 3.05) is 37.4 Å². The molecular weight excluding hydrogens is 204 g/mol. The van der Waals surface area contributed by atoms with Crippen molar-refractivity contribution >= 4 is 11.6 Å². The lowest BCUT2D eigenvalue weighted by Gasteiger charge is -2.18. The van der Waals surface area contributed by atoms with Gasteiger partial charge >= 0.3 is 0 Å². The minimum absolute atomic E-state index is 0.465. The van der Waals surface area contributed by atoms with Gasteiger partial charge in [0.15, 0.2) is 11.6 Å². The van der Waals surface area contributed by atoms with Crippen molar-refractivity contribution in [2.45, 2.75) is 12.8 Å². The first kappa shape index (κ1) is 11.1. The first-order valence-corrected chi connectivity index (χ1v) is 5.62. The topological polar surface area (TPSA) is 64.3 Å². The van der Waals surface area contributed by atoms with Gasteiger partial charge in [-0.25, -0.2) is 9.97 Å². The van der Waals surface area contributed by atoms with Crippen LogP contribution in [-0.4, -0.2) is 36.8 Å². The molecule has 1 heterocycles. The lowest BCUT2D eigenvalue weighted by molar-refractivity contribution is 0.131. The molecule has 1 fully saturated rings. The molecule has 2 rings (SSSR count). The standard InChI is InChI=1S/C11H18N4O/c1-15(6-7-16-8-9-2-3-9)11-10(12)13-4-5-14-11/h4-5,9H,2-3,6-8H2,1H3,(H2,12,13). The highest BCUT2D eigenvalue weighted by atomic mass is 16.5. The second-order valence-electron chi connectivity index (χ2n) is 4.21. The fourth-order valence-corrected chi connectivity index (χ4v) is 1.48. The molecule has 5 heteroatoms. The van der Waals surface area contributed by atoms with Gasteiger partial charge in [-0.15, -0.1) is 0 Å². The quantitative estimate of drug-likeness (QED) is 0.725. The molecule has 0 unspecified atom stereocenters. The number of nitrogens with two attached hydrogens (primary N) is 1. The number of ether oxygens (including phenoxy) is 1. The van der Waals surface area contributed by atoms with Crippen molar-refractivity contribution in [3.63, 3.8) is 0 Å². The normalized spacial score (nSPS) is 15.1. The summed E-state index contributed by atoms with van der Waals surface area (Å²) in [6.45, 7) is 2.39. The summed E-state index contributed by atoms with van der Waals surface area (Å²) in [4.78, 5) is 10.2. The Balaban J connectivity index is 1.73. The number of nitrogens with zero attached hydrogens (tertiary/aromatic N) is 3. The minimum Gasteiger partial charge on any atom is -0.381 e. The van der Waals surface area contributed by atoms with E-state index in [0.29, 0.717) is 12.4 Å². The van der Waals surface area contributed by atoms with Gasteiger partial charge in [-0.05, 0) is 18.8 Å². The molecular formula is C11H18N4O. The van der Waals surface area contributed by atoms with Crippen LogP contribution in [0.4, 0.5) is 11.6 Å². The van der Waals surface area contributed by atoms with E-state index in [1.807, 2.05) is 11.9 Å². The van der Waals surface area contributed by atoms with Gasteiger partial charge in [0.2, 0.25) is 0 Å². The smallest absolute Gasteiger partial charge is 0.171 e. The maximum atomic E-state index is 5.73. The van der Waals surface area contributed by atoms with E-state index in [4.69, 9.17) is 10.5 Å². The van der Waals surface area contributed by atoms with Gasteiger partial charge in [0.25, 0.3) is 0 Å². The van der Waals surface area contributed by atoms with Crippen LogP contribution in [0.3, 0.4) is 0 Å². The third-order valence-corrected chi connectivity index (χ3v) is 2.69. The molecule has 0 bridgehead atoms. The van der Waals surface area contributed by atoms with Crippen LogP contribution in [0.25, 0.3) is 0 Å². The van der Waals surface area contributed by atoms with E-state index in [2.05, 4.69) is 9.97 Å². The van der Waals surface area contributed by atoms with Crippen molar-refractivity contribution in [1.82, 2.24) is 9.97 Å². The number of likely N-dealkylation sites (N-methyl/N-ethyl adjacent to an activating group) is 1. The summed E-state index contributed by atoms with van der Waals surface area (Å²) < 4.78 is 5.56. The summed E-state index contributed by atoms with van der Waals surface area (Å²) in [5.41, 5.74) is 5.73. The number of hydrogen-bond acceptors (Lipinski definition) is 5. The zero-order valence-electron chi connectivity index (χ0n) is 9.59. The van der Waals surface area contributed by atoms with E-state index in [1.54, 1.807) is 12.4 Å². The summed E-state index contributed by atoms with van der Waals surface area (Å²) in [6.07, 6.45) is 5.89. The van der Waals surface area contributed by atoms with Gasteiger partial charge in [-0.1, -0.05) is 0 Å². The van der Waals surface area contributed by atoms with Crippen molar-refractivity contribution in [2.24, 2.45) is 5.92 Å². The van der Waals surface area contributed by atoms with E-state index in [-0.39, 0.29) is 0 Å². The van der Waals surface area contributed by atoms with Gasteiger partial charge in [0.1, 0.15) is 0 Å². The van der Waals surface area contributed by atoms with Gasteiger partial charge in [-0.3, -0.25) is 0 Å². The summed E-state index contributed by atoms with van der Waals surface area (Å²) in [5.74, 6) is 2.00. The van der Waals surface area contributed by atoms with Crippen molar-refractivity contribution in [3.05, 3.63) is 12.4 Å². The zero-order valence-corrected chi connectivity index (χ0v) is 9.59. The fourth-order valence-electron chi connectivity index (χ4n) is 1.48. The Morgan fingerprint density at radius 3 is 2.88 bits per heavy atom. The Morgan fingerprint density at radius 1 is 1.44 bits per heavy atom. The number of anilines is 2. The van der Waals surface area contributed by atoms with E-state index in [1.165, 1.54) is 12.8 Å². The van der Waals surface area contributed by atoms with E-state index in [0.717, 1.165) is 24.9 Å². The largest absolute Gasteiger partial charge is 0.381 e. The van der Waals surface area contributed by atoms with Crippen molar-refractivity contribution in [3.8, 4) is 0 Å². The van der Waals surface area contributed by atoms with Gasteiger partial charge < -0.3 is 15.4 Å². The fraction of sp³-hybridized carbons (Fsp3) is 0.636. The Labute approximate surface area is 95.6 Å². The molecule has 1 aliphatic rings. The molecule has 16 heavy (non-hydrogen) atoms. The number of aromatic nitrogens is 2. The minimum atomic E-state index is 0.465. The predicted molar refractivity (Wildman–Crippen MR) is 63.3 cm³/mol. The van der Waals surface area contributed by atoms with Gasteiger partial charge in [-0.2, -0.15) is 0 Å². The van der Waals surface area contributed by atoms with Crippen LogP contribution in [0.2, 0.25) is 0 Å². The molecule has 0 aromatic carbocycles. The molecule has 0 atom stereocenters. The predicted octanol–water partition coefficient (Wildman–Crippen LogP) is 0.922. The molecule has 0 radical (unpaired) electrons. The lowest BCUT2D eigenvalue weighted by Crippen LogP contribution is -2.25. The highest BCUT2D eigenvalue weighted by Gasteiger charge is 2.21.